The van der Waals surface area contributed by atoms with E-state index in [0.29, 0.717) is 34.9 Å². The summed E-state index contributed by atoms with van der Waals surface area (Å²) in [5.41, 5.74) is 34.9. The van der Waals surface area contributed by atoms with Crippen molar-refractivity contribution >= 4 is 43.6 Å². The van der Waals surface area contributed by atoms with E-state index in [1.165, 1.54) is 133 Å². The van der Waals surface area contributed by atoms with Crippen LogP contribution in [0.25, 0.3) is 134 Å². The standard InChI is InChI=1S/C82H74N8/c1-43-47(5)55(13)73-69(51(43)9)70-52(10)44(2)48(6)56(14)74(70)89(73)67-40-38-63(81-85-77(59-29-21-17-22-30-59)83-78(86-81)60-31-23-18-24-32-60)41-66(67)65-39-37-64(82-87-79(61-33-25-19-26-34-61)84-80(88-82)62-35-27-20-28-36-62)42-68(65)90-75-57(15)49(7)45(3)53(11)71(75)72-54(12)46(4)50(8)58(16)76(72)90/h17-42H,1-16H3. The maximum atomic E-state index is 5.42. The van der Waals surface area contributed by atoms with Crippen molar-refractivity contribution < 1.29 is 0 Å². The van der Waals surface area contributed by atoms with Gasteiger partial charge in [-0.05, 0) is 224 Å². The first-order valence-electron chi connectivity index (χ1n) is 31.4. The van der Waals surface area contributed by atoms with E-state index in [1.807, 2.05) is 72.8 Å². The van der Waals surface area contributed by atoms with E-state index in [-0.39, 0.29) is 0 Å². The summed E-state index contributed by atoms with van der Waals surface area (Å²) in [6.45, 7) is 36.9. The van der Waals surface area contributed by atoms with E-state index in [9.17, 15) is 0 Å². The Balaban J connectivity index is 1.19. The highest BCUT2D eigenvalue weighted by Crippen LogP contribution is 2.50. The Kier molecular flexibility index (Phi) is 14.0. The molecule has 0 radical (unpaired) electrons. The van der Waals surface area contributed by atoms with Crippen LogP contribution in [0.3, 0.4) is 0 Å². The molecule has 14 rings (SSSR count). The molecule has 0 fully saturated rings. The van der Waals surface area contributed by atoms with Crippen LogP contribution >= 0.6 is 0 Å². The molecule has 0 bridgehead atoms. The predicted molar refractivity (Wildman–Crippen MR) is 376 cm³/mol. The third-order valence-electron chi connectivity index (χ3n) is 20.7. The van der Waals surface area contributed by atoms with Crippen LogP contribution in [0.2, 0.25) is 0 Å². The molecule has 0 unspecified atom stereocenters. The van der Waals surface area contributed by atoms with Crippen LogP contribution < -0.4 is 0 Å². The number of aromatic nitrogens is 8. The van der Waals surface area contributed by atoms with Crippen molar-refractivity contribution in [1.29, 1.82) is 0 Å². The molecule has 0 saturated carbocycles. The number of hydrogen-bond acceptors (Lipinski definition) is 6. The van der Waals surface area contributed by atoms with Gasteiger partial charge in [0.2, 0.25) is 0 Å². The van der Waals surface area contributed by atoms with Gasteiger partial charge >= 0.3 is 0 Å². The van der Waals surface area contributed by atoms with Gasteiger partial charge in [0, 0.05) is 66.1 Å². The van der Waals surface area contributed by atoms with Crippen molar-refractivity contribution in [2.45, 2.75) is 111 Å². The highest BCUT2D eigenvalue weighted by atomic mass is 15.1. The third-order valence-corrected chi connectivity index (χ3v) is 20.7. The molecule has 90 heavy (non-hydrogen) atoms. The first-order valence-corrected chi connectivity index (χ1v) is 31.4. The number of benzene rings is 10. The van der Waals surface area contributed by atoms with Crippen LogP contribution in [0.4, 0.5) is 0 Å². The minimum atomic E-state index is 0.576. The summed E-state index contributed by atoms with van der Waals surface area (Å²) in [5.74, 6) is 3.57. The van der Waals surface area contributed by atoms with Crippen LogP contribution in [-0.2, 0) is 0 Å². The number of rotatable bonds is 9. The predicted octanol–water partition coefficient (Wildman–Crippen LogP) is 20.9. The Morgan fingerprint density at radius 3 is 0.744 bits per heavy atom. The van der Waals surface area contributed by atoms with Gasteiger partial charge in [-0.3, -0.25) is 0 Å². The van der Waals surface area contributed by atoms with Crippen molar-refractivity contribution in [2.24, 2.45) is 0 Å². The highest BCUT2D eigenvalue weighted by molar-refractivity contribution is 6.18. The van der Waals surface area contributed by atoms with Gasteiger partial charge in [0.15, 0.2) is 34.9 Å². The lowest BCUT2D eigenvalue weighted by atomic mass is 9.90. The molecule has 10 aromatic carbocycles. The smallest absolute Gasteiger partial charge is 0.164 e. The van der Waals surface area contributed by atoms with Crippen LogP contribution in [-0.4, -0.2) is 39.0 Å². The maximum absolute atomic E-state index is 5.42. The molecule has 0 amide bonds. The zero-order valence-electron chi connectivity index (χ0n) is 54.6. The second-order valence-electron chi connectivity index (χ2n) is 25.1. The van der Waals surface area contributed by atoms with Crippen molar-refractivity contribution in [2.75, 3.05) is 0 Å². The highest BCUT2D eigenvalue weighted by Gasteiger charge is 2.30. The lowest BCUT2D eigenvalue weighted by Gasteiger charge is -2.23. The minimum Gasteiger partial charge on any atom is -0.308 e. The quantitative estimate of drug-likeness (QED) is 0.143. The van der Waals surface area contributed by atoms with E-state index in [1.54, 1.807) is 0 Å². The molecule has 0 aliphatic heterocycles. The number of aryl methyl sites for hydroxylation is 8. The summed E-state index contributed by atoms with van der Waals surface area (Å²) in [6, 6.07) is 54.9. The average Bonchev–Trinajstić information content (AvgIpc) is 1.55. The molecule has 0 N–H and O–H groups in total. The molecule has 0 atom stereocenters. The van der Waals surface area contributed by atoms with Crippen molar-refractivity contribution in [1.82, 2.24) is 39.0 Å². The lowest BCUT2D eigenvalue weighted by molar-refractivity contribution is 1.07. The first-order chi connectivity index (χ1) is 43.3. The van der Waals surface area contributed by atoms with E-state index in [2.05, 4.69) is 205 Å². The zero-order valence-corrected chi connectivity index (χ0v) is 54.6. The molecule has 0 aliphatic rings. The summed E-state index contributed by atoms with van der Waals surface area (Å²) >= 11 is 0. The molecule has 0 aliphatic carbocycles. The summed E-state index contributed by atoms with van der Waals surface area (Å²) in [7, 11) is 0. The summed E-state index contributed by atoms with van der Waals surface area (Å²) in [6.07, 6.45) is 0. The molecule has 442 valence electrons. The number of nitrogens with zero attached hydrogens (tertiary/aromatic N) is 8. The normalized spacial score (nSPS) is 11.8. The molecular weight excluding hydrogens is 1100 g/mol. The Morgan fingerprint density at radius 2 is 0.444 bits per heavy atom. The van der Waals surface area contributed by atoms with Gasteiger partial charge in [0.25, 0.3) is 0 Å². The Hall–Kier alpha value is -10.2. The minimum absolute atomic E-state index is 0.576. The van der Waals surface area contributed by atoms with Crippen LogP contribution in [0.5, 0.6) is 0 Å². The van der Waals surface area contributed by atoms with E-state index in [4.69, 9.17) is 29.9 Å². The second kappa shape index (κ2) is 21.8. The fraction of sp³-hybridized carbons (Fsp3) is 0.195. The Labute approximate surface area is 528 Å². The number of hydrogen-bond donors (Lipinski definition) is 0. The summed E-state index contributed by atoms with van der Waals surface area (Å²) in [4.78, 5) is 32.0. The van der Waals surface area contributed by atoms with Gasteiger partial charge in [-0.15, -0.1) is 0 Å². The van der Waals surface area contributed by atoms with Gasteiger partial charge in [-0.25, -0.2) is 29.9 Å². The van der Waals surface area contributed by atoms with E-state index in [0.717, 1.165) is 55.9 Å². The molecule has 0 saturated heterocycles. The van der Waals surface area contributed by atoms with Gasteiger partial charge in [-0.2, -0.15) is 0 Å². The lowest BCUT2D eigenvalue weighted by Crippen LogP contribution is -2.07. The fourth-order valence-electron chi connectivity index (χ4n) is 14.3. The van der Waals surface area contributed by atoms with Crippen LogP contribution in [0.1, 0.15) is 89.0 Å². The van der Waals surface area contributed by atoms with Crippen LogP contribution in [0, 0.1) is 111 Å². The Bertz CT molecular complexity index is 5050. The maximum Gasteiger partial charge on any atom is 0.164 e. The summed E-state index contributed by atoms with van der Waals surface area (Å²) < 4.78 is 5.23. The van der Waals surface area contributed by atoms with Gasteiger partial charge in [0.1, 0.15) is 0 Å². The van der Waals surface area contributed by atoms with Crippen molar-refractivity contribution in [3.05, 3.63) is 247 Å². The van der Waals surface area contributed by atoms with Crippen LogP contribution in [0.15, 0.2) is 158 Å². The molecule has 8 nitrogen and oxygen atoms in total. The molecule has 14 aromatic rings. The van der Waals surface area contributed by atoms with E-state index >= 15 is 0 Å². The molecule has 4 heterocycles. The average molecular weight is 1170 g/mol. The first kappa shape index (κ1) is 57.6. The fourth-order valence-corrected chi connectivity index (χ4v) is 14.3. The molecular formula is C82H74N8. The third kappa shape index (κ3) is 8.85. The van der Waals surface area contributed by atoms with Crippen molar-refractivity contribution in [3.63, 3.8) is 0 Å². The van der Waals surface area contributed by atoms with Gasteiger partial charge in [0.05, 0.1) is 33.4 Å². The van der Waals surface area contributed by atoms with Gasteiger partial charge in [-0.1, -0.05) is 133 Å². The zero-order chi connectivity index (χ0) is 62.9. The monoisotopic (exact) mass is 1170 g/mol. The Morgan fingerprint density at radius 1 is 0.200 bits per heavy atom. The van der Waals surface area contributed by atoms with E-state index < -0.39 is 0 Å². The SMILES string of the molecule is Cc1c(C)c(C)c2c(c1C)c1c(C)c(C)c(C)c(C)c1n2-c1ccc(-c2nc(-c3ccccc3)nc(-c3ccccc3)n2)cc1-c1ccc(-c2nc(-c3ccccc3)nc(-c3ccccc3)n2)cc1-n1c2c(C)c(C)c(C)c(C)c2c2c(C)c(C)c(C)c(C)c21. The molecule has 4 aromatic heterocycles. The largest absolute Gasteiger partial charge is 0.308 e. The van der Waals surface area contributed by atoms with Crippen molar-refractivity contribution in [3.8, 4) is 90.8 Å². The second-order valence-corrected chi connectivity index (χ2v) is 25.1. The topological polar surface area (TPSA) is 87.2 Å². The van der Waals surface area contributed by atoms with Gasteiger partial charge < -0.3 is 9.13 Å². The summed E-state index contributed by atoms with van der Waals surface area (Å²) in [5, 5.41) is 5.15. The molecule has 8 heteroatoms. The number of fused-ring (bicyclic) bond motifs is 6. The molecule has 0 spiro atoms.